The number of thioether (sulfide) groups is 1. The van der Waals surface area contributed by atoms with E-state index < -0.39 is 6.61 Å². The zero-order valence-electron chi connectivity index (χ0n) is 10.2. The van der Waals surface area contributed by atoms with Gasteiger partial charge in [-0.15, -0.1) is 0 Å². The van der Waals surface area contributed by atoms with Crippen molar-refractivity contribution < 1.29 is 13.5 Å². The Hall–Kier alpha value is -0.810. The van der Waals surface area contributed by atoms with Gasteiger partial charge in [-0.05, 0) is 36.8 Å². The number of nitrogens with one attached hydrogen (secondary N) is 1. The Morgan fingerprint density at radius 1 is 1.33 bits per heavy atom. The highest BCUT2D eigenvalue weighted by molar-refractivity contribution is 7.99. The van der Waals surface area contributed by atoms with E-state index in [9.17, 15) is 8.78 Å². The number of hydrogen-bond acceptors (Lipinski definition) is 3. The molecule has 0 radical (unpaired) electrons. The highest BCUT2D eigenvalue weighted by atomic mass is 32.2. The van der Waals surface area contributed by atoms with Crippen molar-refractivity contribution in [3.05, 3.63) is 29.8 Å². The van der Waals surface area contributed by atoms with Crippen LogP contribution in [0.2, 0.25) is 0 Å². The van der Waals surface area contributed by atoms with Crippen LogP contribution in [0.3, 0.4) is 0 Å². The Morgan fingerprint density at radius 3 is 2.61 bits per heavy atom. The van der Waals surface area contributed by atoms with Gasteiger partial charge in [-0.1, -0.05) is 12.1 Å². The normalized spacial score (nSPS) is 21.2. The molecule has 2 atom stereocenters. The molecule has 0 saturated carbocycles. The van der Waals surface area contributed by atoms with Crippen LogP contribution < -0.4 is 10.1 Å². The SMILES string of the molecule is CC(NC1CCSC1)c1ccc(OC(F)F)cc1. The third kappa shape index (κ3) is 3.85. The van der Waals surface area contributed by atoms with E-state index in [0.717, 1.165) is 11.3 Å². The molecule has 0 amide bonds. The maximum absolute atomic E-state index is 12.0. The van der Waals surface area contributed by atoms with Gasteiger partial charge in [0.25, 0.3) is 0 Å². The first-order valence-corrected chi connectivity index (χ1v) is 7.19. The molecule has 2 unspecified atom stereocenters. The Morgan fingerprint density at radius 2 is 2.06 bits per heavy atom. The molecule has 2 nitrogen and oxygen atoms in total. The Balaban J connectivity index is 1.91. The van der Waals surface area contributed by atoms with Gasteiger partial charge in [0.05, 0.1) is 0 Å². The van der Waals surface area contributed by atoms with Crippen LogP contribution in [-0.2, 0) is 0 Å². The molecule has 1 saturated heterocycles. The summed E-state index contributed by atoms with van der Waals surface area (Å²) < 4.78 is 28.4. The first kappa shape index (κ1) is 13.6. The van der Waals surface area contributed by atoms with Crippen molar-refractivity contribution in [3.8, 4) is 5.75 Å². The summed E-state index contributed by atoms with van der Waals surface area (Å²) in [7, 11) is 0. The third-order valence-electron chi connectivity index (χ3n) is 3.02. The topological polar surface area (TPSA) is 21.3 Å². The van der Waals surface area contributed by atoms with Crippen molar-refractivity contribution in [1.29, 1.82) is 0 Å². The van der Waals surface area contributed by atoms with Gasteiger partial charge in [0.1, 0.15) is 5.75 Å². The van der Waals surface area contributed by atoms with Crippen LogP contribution in [0.1, 0.15) is 24.9 Å². The molecule has 0 aromatic heterocycles. The summed E-state index contributed by atoms with van der Waals surface area (Å²) in [6.07, 6.45) is 1.20. The number of hydrogen-bond donors (Lipinski definition) is 1. The number of halogens is 2. The van der Waals surface area contributed by atoms with E-state index in [0.29, 0.717) is 6.04 Å². The predicted molar refractivity (Wildman–Crippen MR) is 70.4 cm³/mol. The molecule has 1 aromatic rings. The monoisotopic (exact) mass is 273 g/mol. The first-order valence-electron chi connectivity index (χ1n) is 6.03. The van der Waals surface area contributed by atoms with Gasteiger partial charge in [-0.25, -0.2) is 0 Å². The average molecular weight is 273 g/mol. The van der Waals surface area contributed by atoms with Crippen LogP contribution in [-0.4, -0.2) is 24.2 Å². The average Bonchev–Trinajstić information content (AvgIpc) is 2.82. The zero-order chi connectivity index (χ0) is 13.0. The largest absolute Gasteiger partial charge is 0.435 e. The molecule has 2 rings (SSSR count). The Labute approximate surface area is 110 Å². The van der Waals surface area contributed by atoms with Crippen LogP contribution in [0.4, 0.5) is 8.78 Å². The van der Waals surface area contributed by atoms with Crippen molar-refractivity contribution in [3.63, 3.8) is 0 Å². The lowest BCUT2D eigenvalue weighted by molar-refractivity contribution is -0.0498. The standard InChI is InChI=1S/C13H17F2NOS/c1-9(16-11-6-7-18-8-11)10-2-4-12(5-3-10)17-13(14)15/h2-5,9,11,13,16H,6-8H2,1H3. The molecule has 1 fully saturated rings. The van der Waals surface area contributed by atoms with Crippen molar-refractivity contribution in [2.75, 3.05) is 11.5 Å². The molecule has 0 aliphatic carbocycles. The second kappa shape index (κ2) is 6.38. The van der Waals surface area contributed by atoms with Crippen LogP contribution in [0.15, 0.2) is 24.3 Å². The van der Waals surface area contributed by atoms with E-state index in [4.69, 9.17) is 0 Å². The molecule has 1 N–H and O–H groups in total. The van der Waals surface area contributed by atoms with Crippen molar-refractivity contribution in [2.45, 2.75) is 32.0 Å². The lowest BCUT2D eigenvalue weighted by atomic mass is 10.1. The Kier molecular flexibility index (Phi) is 4.83. The van der Waals surface area contributed by atoms with Crippen LogP contribution in [0.5, 0.6) is 5.75 Å². The van der Waals surface area contributed by atoms with Gasteiger partial charge >= 0.3 is 6.61 Å². The molecule has 100 valence electrons. The van der Waals surface area contributed by atoms with Crippen LogP contribution in [0, 0.1) is 0 Å². The molecule has 0 spiro atoms. The van der Waals surface area contributed by atoms with E-state index in [-0.39, 0.29) is 11.8 Å². The van der Waals surface area contributed by atoms with Gasteiger partial charge in [0.15, 0.2) is 0 Å². The van der Waals surface area contributed by atoms with E-state index >= 15 is 0 Å². The second-order valence-corrected chi connectivity index (χ2v) is 5.55. The molecule has 0 bridgehead atoms. The van der Waals surface area contributed by atoms with Gasteiger partial charge < -0.3 is 10.1 Å². The van der Waals surface area contributed by atoms with Gasteiger partial charge in [-0.2, -0.15) is 20.5 Å². The maximum Gasteiger partial charge on any atom is 0.387 e. The summed E-state index contributed by atoms with van der Waals surface area (Å²) in [6, 6.07) is 7.62. The number of benzene rings is 1. The van der Waals surface area contributed by atoms with E-state index in [1.54, 1.807) is 12.1 Å². The van der Waals surface area contributed by atoms with Crippen molar-refractivity contribution >= 4 is 11.8 Å². The highest BCUT2D eigenvalue weighted by Crippen LogP contribution is 2.23. The summed E-state index contributed by atoms with van der Waals surface area (Å²) in [5, 5.41) is 3.55. The molecule has 1 aliphatic heterocycles. The lowest BCUT2D eigenvalue weighted by Gasteiger charge is -2.19. The minimum Gasteiger partial charge on any atom is -0.435 e. The summed E-state index contributed by atoms with van der Waals surface area (Å²) in [5.41, 5.74) is 1.09. The van der Waals surface area contributed by atoms with E-state index in [2.05, 4.69) is 17.0 Å². The molecule has 1 heterocycles. The first-order chi connectivity index (χ1) is 8.65. The highest BCUT2D eigenvalue weighted by Gasteiger charge is 2.18. The fraction of sp³-hybridized carbons (Fsp3) is 0.538. The predicted octanol–water partition coefficient (Wildman–Crippen LogP) is 3.44. The Bertz CT molecular complexity index is 366. The number of rotatable bonds is 5. The quantitative estimate of drug-likeness (QED) is 0.888. The smallest absolute Gasteiger partial charge is 0.387 e. The molecule has 1 aliphatic rings. The summed E-state index contributed by atoms with van der Waals surface area (Å²) in [5.74, 6) is 2.57. The van der Waals surface area contributed by atoms with E-state index in [1.165, 1.54) is 12.2 Å². The summed E-state index contributed by atoms with van der Waals surface area (Å²) in [6.45, 7) is -0.673. The van der Waals surface area contributed by atoms with Gasteiger partial charge in [0, 0.05) is 17.8 Å². The lowest BCUT2D eigenvalue weighted by Crippen LogP contribution is -2.31. The summed E-state index contributed by atoms with van der Waals surface area (Å²) in [4.78, 5) is 0. The minimum absolute atomic E-state index is 0.206. The maximum atomic E-state index is 12.0. The van der Waals surface area contributed by atoms with Crippen LogP contribution >= 0.6 is 11.8 Å². The fourth-order valence-electron chi connectivity index (χ4n) is 2.05. The zero-order valence-corrected chi connectivity index (χ0v) is 11.1. The number of ether oxygens (including phenoxy) is 1. The van der Waals surface area contributed by atoms with Crippen molar-refractivity contribution in [2.24, 2.45) is 0 Å². The van der Waals surface area contributed by atoms with Crippen LogP contribution in [0.25, 0.3) is 0 Å². The number of alkyl halides is 2. The molecule has 1 aromatic carbocycles. The minimum atomic E-state index is -2.76. The third-order valence-corrected chi connectivity index (χ3v) is 4.18. The molecular weight excluding hydrogens is 256 g/mol. The molecular formula is C13H17F2NOS. The van der Waals surface area contributed by atoms with Crippen molar-refractivity contribution in [1.82, 2.24) is 5.32 Å². The second-order valence-electron chi connectivity index (χ2n) is 4.40. The molecule has 5 heteroatoms. The fourth-order valence-corrected chi connectivity index (χ4v) is 3.22. The van der Waals surface area contributed by atoms with Gasteiger partial charge in [-0.3, -0.25) is 0 Å². The molecule has 18 heavy (non-hydrogen) atoms. The van der Waals surface area contributed by atoms with Gasteiger partial charge in [0.2, 0.25) is 0 Å². The van der Waals surface area contributed by atoms with E-state index in [1.807, 2.05) is 23.9 Å². The summed E-state index contributed by atoms with van der Waals surface area (Å²) >= 11 is 1.96.